The summed E-state index contributed by atoms with van der Waals surface area (Å²) < 4.78 is 17.3. The second-order valence-electron chi connectivity index (χ2n) is 11.1. The van der Waals surface area contributed by atoms with Crippen LogP contribution in [0.5, 0.6) is 17.2 Å². The predicted octanol–water partition coefficient (Wildman–Crippen LogP) is 3.42. The van der Waals surface area contributed by atoms with Gasteiger partial charge in [-0.2, -0.15) is 0 Å². The van der Waals surface area contributed by atoms with Crippen LogP contribution in [0.4, 0.5) is 0 Å². The van der Waals surface area contributed by atoms with E-state index in [2.05, 4.69) is 0 Å². The van der Waals surface area contributed by atoms with Crippen LogP contribution in [0.15, 0.2) is 48.5 Å². The van der Waals surface area contributed by atoms with E-state index in [0.717, 1.165) is 31.2 Å². The molecule has 1 aliphatic heterocycles. The van der Waals surface area contributed by atoms with Crippen molar-refractivity contribution in [3.05, 3.63) is 65.2 Å². The van der Waals surface area contributed by atoms with Crippen LogP contribution in [0.2, 0.25) is 0 Å². The minimum Gasteiger partial charge on any atom is -0.506 e. The summed E-state index contributed by atoms with van der Waals surface area (Å²) >= 11 is 0. The van der Waals surface area contributed by atoms with Crippen molar-refractivity contribution in [2.45, 2.75) is 82.3 Å². The lowest BCUT2D eigenvalue weighted by Gasteiger charge is -2.42. The third-order valence-electron chi connectivity index (χ3n) is 8.35. The fourth-order valence-electron chi connectivity index (χ4n) is 6.05. The second kappa shape index (κ2) is 12.3. The highest BCUT2D eigenvalue weighted by atomic mass is 16.7. The van der Waals surface area contributed by atoms with Crippen molar-refractivity contribution in [2.75, 3.05) is 7.11 Å². The van der Waals surface area contributed by atoms with E-state index < -0.39 is 36.8 Å². The van der Waals surface area contributed by atoms with Crippen molar-refractivity contribution < 1.29 is 44.5 Å². The highest BCUT2D eigenvalue weighted by Gasteiger charge is 2.47. The molecule has 1 saturated heterocycles. The second-order valence-corrected chi connectivity index (χ2v) is 11.1. The number of ketones is 1. The molecule has 2 aliphatic rings. The van der Waals surface area contributed by atoms with Crippen molar-refractivity contribution in [3.63, 3.8) is 0 Å². The molecule has 0 bridgehead atoms. The molecule has 220 valence electrons. The summed E-state index contributed by atoms with van der Waals surface area (Å²) in [7, 11) is 1.47. The molecule has 0 radical (unpaired) electrons. The molecule has 3 aromatic carbocycles. The summed E-state index contributed by atoms with van der Waals surface area (Å²) in [6, 6.07) is 14.5. The Balaban J connectivity index is 1.46. The number of hydrogen-bond acceptors (Lipinski definition) is 9. The SMILES string of the molecule is COc1cc(O[C@@H]2O[C@H]([C@H](O)CCc3ccccc3)[C@@H](O)[C@H](O)[C@H]2O)c2c(O)c(C(=O)C3CCCC3)c(C)cc2c1. The predicted molar refractivity (Wildman–Crippen MR) is 151 cm³/mol. The number of carbonyl (C=O) groups is 1. The first-order valence-electron chi connectivity index (χ1n) is 14.2. The molecule has 0 aromatic heterocycles. The van der Waals surface area contributed by atoms with Crippen molar-refractivity contribution in [1.82, 2.24) is 0 Å². The first-order valence-corrected chi connectivity index (χ1v) is 14.2. The van der Waals surface area contributed by atoms with Crippen LogP contribution in [-0.4, -0.2) is 75.2 Å². The van der Waals surface area contributed by atoms with Gasteiger partial charge in [-0.05, 0) is 55.2 Å². The van der Waals surface area contributed by atoms with Crippen LogP contribution < -0.4 is 9.47 Å². The number of aryl methyl sites for hydroxylation is 2. The Morgan fingerprint density at radius 2 is 1.73 bits per heavy atom. The molecule has 9 nitrogen and oxygen atoms in total. The molecule has 5 N–H and O–H groups in total. The molecule has 1 heterocycles. The molecule has 1 saturated carbocycles. The topological polar surface area (TPSA) is 146 Å². The van der Waals surface area contributed by atoms with Crippen LogP contribution in [0.25, 0.3) is 10.8 Å². The summed E-state index contributed by atoms with van der Waals surface area (Å²) in [5.74, 6) is -0.0536. The number of aliphatic hydroxyl groups is 4. The van der Waals surface area contributed by atoms with Gasteiger partial charge in [0.2, 0.25) is 6.29 Å². The molecule has 2 fully saturated rings. The van der Waals surface area contributed by atoms with Crippen molar-refractivity contribution >= 4 is 16.6 Å². The zero-order chi connectivity index (χ0) is 29.3. The number of rotatable bonds is 9. The summed E-state index contributed by atoms with van der Waals surface area (Å²) in [6.07, 6.45) is -4.61. The average molecular weight is 567 g/mol. The Labute approximate surface area is 238 Å². The zero-order valence-corrected chi connectivity index (χ0v) is 23.3. The number of hydrogen-bond donors (Lipinski definition) is 5. The average Bonchev–Trinajstić information content (AvgIpc) is 3.51. The molecule has 9 heteroatoms. The lowest BCUT2D eigenvalue weighted by atomic mass is 9.90. The van der Waals surface area contributed by atoms with Crippen molar-refractivity contribution in [1.29, 1.82) is 0 Å². The molecule has 6 atom stereocenters. The maximum atomic E-state index is 13.4. The smallest absolute Gasteiger partial charge is 0.229 e. The number of carbonyl (C=O) groups excluding carboxylic acids is 1. The van der Waals surface area contributed by atoms with Gasteiger partial charge in [0.1, 0.15) is 41.7 Å². The number of benzene rings is 3. The Kier molecular flexibility index (Phi) is 8.82. The van der Waals surface area contributed by atoms with Gasteiger partial charge in [-0.25, -0.2) is 0 Å². The van der Waals surface area contributed by atoms with Gasteiger partial charge in [-0.15, -0.1) is 0 Å². The molecule has 0 amide bonds. The van der Waals surface area contributed by atoms with Crippen molar-refractivity contribution in [2.24, 2.45) is 5.92 Å². The lowest BCUT2D eigenvalue weighted by molar-refractivity contribution is -0.288. The Morgan fingerprint density at radius 3 is 2.41 bits per heavy atom. The Hall–Kier alpha value is -3.21. The number of fused-ring (bicyclic) bond motifs is 1. The molecule has 1 aliphatic carbocycles. The van der Waals surface area contributed by atoms with E-state index in [9.17, 15) is 30.3 Å². The zero-order valence-electron chi connectivity index (χ0n) is 23.3. The van der Waals surface area contributed by atoms with Gasteiger partial charge in [0.15, 0.2) is 5.78 Å². The number of Topliss-reactive ketones (excluding diaryl/α,β-unsaturated/α-hetero) is 1. The van der Waals surface area contributed by atoms with E-state index in [1.165, 1.54) is 13.2 Å². The number of methoxy groups -OCH3 is 1. The molecule has 41 heavy (non-hydrogen) atoms. The fraction of sp³-hybridized carbons (Fsp3) is 0.469. The highest BCUT2D eigenvalue weighted by Crippen LogP contribution is 2.43. The van der Waals surface area contributed by atoms with Gasteiger partial charge in [-0.1, -0.05) is 49.2 Å². The van der Waals surface area contributed by atoms with Gasteiger partial charge in [0.05, 0.1) is 24.2 Å². The third-order valence-corrected chi connectivity index (χ3v) is 8.35. The summed E-state index contributed by atoms with van der Waals surface area (Å²) in [5, 5.41) is 55.2. The Bertz CT molecular complexity index is 1370. The van der Waals surface area contributed by atoms with Gasteiger partial charge < -0.3 is 39.7 Å². The van der Waals surface area contributed by atoms with Gasteiger partial charge >= 0.3 is 0 Å². The third kappa shape index (κ3) is 5.91. The number of aliphatic hydroxyl groups excluding tert-OH is 4. The number of aromatic hydroxyl groups is 1. The van der Waals surface area contributed by atoms with Crippen molar-refractivity contribution in [3.8, 4) is 17.2 Å². The van der Waals surface area contributed by atoms with Crippen LogP contribution in [0.3, 0.4) is 0 Å². The van der Waals surface area contributed by atoms with Crippen LogP contribution >= 0.6 is 0 Å². The maximum Gasteiger partial charge on any atom is 0.229 e. The van der Waals surface area contributed by atoms with E-state index >= 15 is 0 Å². The van der Waals surface area contributed by atoms with Crippen LogP contribution in [0.1, 0.15) is 53.6 Å². The summed E-state index contributed by atoms with van der Waals surface area (Å²) in [5.41, 5.74) is 1.84. The van der Waals surface area contributed by atoms with E-state index in [-0.39, 0.29) is 40.6 Å². The summed E-state index contributed by atoms with van der Waals surface area (Å²) in [6.45, 7) is 1.77. The van der Waals surface area contributed by atoms with Crippen LogP contribution in [0, 0.1) is 12.8 Å². The van der Waals surface area contributed by atoms with Crippen LogP contribution in [-0.2, 0) is 11.2 Å². The lowest BCUT2D eigenvalue weighted by Crippen LogP contribution is -2.62. The molecular formula is C32H38O9. The monoisotopic (exact) mass is 566 g/mol. The molecule has 0 spiro atoms. The molecule has 5 rings (SSSR count). The standard InChI is InChI=1S/C32H38O9/c1-17-14-20-15-21(39-2)16-23(25(20)27(35)24(17)26(34)19-10-6-7-11-19)40-32-30(38)28(36)29(37)31(41-32)22(33)13-12-18-8-4-3-5-9-18/h3-5,8-9,14-16,19,22,28-33,35-38H,6-7,10-13H2,1-2H3/t22-,28+,29+,30-,31-,32-/m1/s1. The van der Waals surface area contributed by atoms with E-state index in [1.807, 2.05) is 30.3 Å². The molecular weight excluding hydrogens is 528 g/mol. The number of phenols is 1. The van der Waals surface area contributed by atoms with E-state index in [0.29, 0.717) is 23.1 Å². The van der Waals surface area contributed by atoms with E-state index in [1.54, 1.807) is 19.1 Å². The first-order chi connectivity index (χ1) is 19.7. The Morgan fingerprint density at radius 1 is 1.02 bits per heavy atom. The molecule has 0 unspecified atom stereocenters. The first kappa shape index (κ1) is 29.3. The number of phenolic OH excluding ortho intramolecular Hbond substituents is 1. The fourth-order valence-corrected chi connectivity index (χ4v) is 6.05. The summed E-state index contributed by atoms with van der Waals surface area (Å²) in [4.78, 5) is 13.4. The minimum absolute atomic E-state index is 0.0579. The van der Waals surface area contributed by atoms with Gasteiger partial charge in [-0.3, -0.25) is 4.79 Å². The highest BCUT2D eigenvalue weighted by molar-refractivity contribution is 6.09. The quantitative estimate of drug-likeness (QED) is 0.246. The van der Waals surface area contributed by atoms with Gasteiger partial charge in [0, 0.05) is 12.0 Å². The van der Waals surface area contributed by atoms with E-state index in [4.69, 9.17) is 14.2 Å². The molecule has 3 aromatic rings. The number of ether oxygens (including phenoxy) is 3. The van der Waals surface area contributed by atoms with Gasteiger partial charge in [0.25, 0.3) is 0 Å². The normalized spacial score (nSPS) is 25.8. The minimum atomic E-state index is -1.67. The largest absolute Gasteiger partial charge is 0.506 e. The maximum absolute atomic E-state index is 13.4.